The van der Waals surface area contributed by atoms with Crippen LogP contribution < -0.4 is 0 Å². The Labute approximate surface area is 165 Å². The van der Waals surface area contributed by atoms with Gasteiger partial charge in [-0.2, -0.15) is 0 Å². The fourth-order valence-corrected chi connectivity index (χ4v) is 3.27. The molecule has 0 aliphatic carbocycles. The number of hydrogen-bond acceptors (Lipinski definition) is 7. The molecule has 28 heavy (non-hydrogen) atoms. The lowest BCUT2D eigenvalue weighted by Gasteiger charge is -2.02. The summed E-state index contributed by atoms with van der Waals surface area (Å²) in [5, 5.41) is 16.6. The van der Waals surface area contributed by atoms with E-state index in [4.69, 9.17) is 8.83 Å². The summed E-state index contributed by atoms with van der Waals surface area (Å²) in [7, 11) is 0. The van der Waals surface area contributed by atoms with Crippen molar-refractivity contribution in [2.75, 3.05) is 0 Å². The van der Waals surface area contributed by atoms with Crippen molar-refractivity contribution >= 4 is 11.8 Å². The van der Waals surface area contributed by atoms with Gasteiger partial charge in [-0.15, -0.1) is 20.4 Å². The summed E-state index contributed by atoms with van der Waals surface area (Å²) in [6.07, 6.45) is 0. The van der Waals surface area contributed by atoms with Crippen LogP contribution in [0.2, 0.25) is 0 Å². The maximum Gasteiger partial charge on any atom is 0.277 e. The molecule has 0 bridgehead atoms. The highest BCUT2D eigenvalue weighted by atomic mass is 32.2. The molecule has 0 radical (unpaired) electrons. The van der Waals surface area contributed by atoms with Gasteiger partial charge in [-0.1, -0.05) is 17.8 Å². The van der Waals surface area contributed by atoms with Crippen LogP contribution in [-0.2, 0) is 0 Å². The zero-order valence-corrected chi connectivity index (χ0v) is 16.3. The van der Waals surface area contributed by atoms with E-state index in [9.17, 15) is 4.39 Å². The molecule has 2 aromatic heterocycles. The Bertz CT molecular complexity index is 1110. The van der Waals surface area contributed by atoms with Gasteiger partial charge in [0.2, 0.25) is 17.7 Å². The number of aromatic nitrogens is 4. The molecule has 4 aromatic rings. The molecule has 0 spiro atoms. The molecule has 1 atom stereocenters. The average molecular weight is 396 g/mol. The van der Waals surface area contributed by atoms with Gasteiger partial charge in [0.1, 0.15) is 5.82 Å². The predicted octanol–water partition coefficient (Wildman–Crippen LogP) is 5.40. The number of hydrogen-bond donors (Lipinski definition) is 0. The van der Waals surface area contributed by atoms with Crippen LogP contribution in [0.25, 0.3) is 22.9 Å². The Kier molecular flexibility index (Phi) is 4.95. The van der Waals surface area contributed by atoms with Crippen molar-refractivity contribution in [3.05, 3.63) is 65.3 Å². The Morgan fingerprint density at radius 1 is 0.821 bits per heavy atom. The Hall–Kier alpha value is -3.00. The number of aryl methyl sites for hydroxylation is 2. The Morgan fingerprint density at radius 2 is 1.50 bits per heavy atom. The van der Waals surface area contributed by atoms with Gasteiger partial charge in [-0.25, -0.2) is 4.39 Å². The summed E-state index contributed by atoms with van der Waals surface area (Å²) in [5.41, 5.74) is 3.91. The van der Waals surface area contributed by atoms with Crippen molar-refractivity contribution in [1.82, 2.24) is 20.4 Å². The van der Waals surface area contributed by atoms with Crippen molar-refractivity contribution < 1.29 is 13.2 Å². The summed E-state index contributed by atoms with van der Waals surface area (Å²) in [4.78, 5) is 0. The zero-order chi connectivity index (χ0) is 19.7. The highest BCUT2D eigenvalue weighted by molar-refractivity contribution is 7.99. The quantitative estimate of drug-likeness (QED) is 0.418. The molecule has 0 unspecified atom stereocenters. The molecule has 0 fully saturated rings. The van der Waals surface area contributed by atoms with Crippen molar-refractivity contribution in [3.8, 4) is 22.9 Å². The smallest absolute Gasteiger partial charge is 0.277 e. The third-order valence-corrected chi connectivity index (χ3v) is 5.24. The second kappa shape index (κ2) is 7.55. The van der Waals surface area contributed by atoms with Crippen molar-refractivity contribution in [2.45, 2.75) is 31.2 Å². The first-order chi connectivity index (χ1) is 13.5. The van der Waals surface area contributed by atoms with Crippen LogP contribution in [-0.4, -0.2) is 20.4 Å². The molecule has 8 heteroatoms. The van der Waals surface area contributed by atoms with Crippen LogP contribution in [0.1, 0.15) is 29.2 Å². The minimum atomic E-state index is -0.316. The summed E-state index contributed by atoms with van der Waals surface area (Å²) >= 11 is 1.33. The third-order valence-electron chi connectivity index (χ3n) is 4.32. The number of nitrogens with zero attached hydrogens (tertiary/aromatic N) is 4. The standard InChI is InChI=1S/C20H17FN4O2S/c1-11-4-5-15(10-12(11)2)19-24-25-20(27-19)28-13(3)17-22-23-18(26-17)14-6-8-16(21)9-7-14/h4-10,13H,1-3H3/t13-/m0/s1. The lowest BCUT2D eigenvalue weighted by atomic mass is 10.1. The number of halogens is 1. The van der Waals surface area contributed by atoms with Gasteiger partial charge in [0.25, 0.3) is 5.22 Å². The van der Waals surface area contributed by atoms with E-state index in [-0.39, 0.29) is 11.1 Å². The normalized spacial score (nSPS) is 12.3. The van der Waals surface area contributed by atoms with E-state index in [0.29, 0.717) is 28.5 Å². The minimum absolute atomic E-state index is 0.185. The maximum absolute atomic E-state index is 13.1. The topological polar surface area (TPSA) is 77.8 Å². The molecule has 0 amide bonds. The van der Waals surface area contributed by atoms with E-state index < -0.39 is 0 Å². The van der Waals surface area contributed by atoms with Crippen molar-refractivity contribution in [2.24, 2.45) is 0 Å². The molecule has 6 nitrogen and oxygen atoms in total. The van der Waals surface area contributed by atoms with E-state index in [1.807, 2.05) is 32.0 Å². The molecule has 142 valence electrons. The first-order valence-corrected chi connectivity index (χ1v) is 9.54. The van der Waals surface area contributed by atoms with Gasteiger partial charge in [0.15, 0.2) is 0 Å². The van der Waals surface area contributed by atoms with Crippen molar-refractivity contribution in [3.63, 3.8) is 0 Å². The molecular formula is C20H17FN4O2S. The van der Waals surface area contributed by atoms with Crippen LogP contribution in [0.3, 0.4) is 0 Å². The Morgan fingerprint density at radius 3 is 2.25 bits per heavy atom. The monoisotopic (exact) mass is 396 g/mol. The Balaban J connectivity index is 1.48. The van der Waals surface area contributed by atoms with E-state index in [0.717, 1.165) is 11.1 Å². The van der Waals surface area contributed by atoms with Gasteiger partial charge in [-0.05, 0) is 68.3 Å². The fourth-order valence-electron chi connectivity index (χ4n) is 2.56. The first-order valence-electron chi connectivity index (χ1n) is 8.67. The molecule has 0 aliphatic rings. The maximum atomic E-state index is 13.1. The molecule has 4 rings (SSSR count). The molecule has 0 aliphatic heterocycles. The summed E-state index contributed by atoms with van der Waals surface area (Å²) < 4.78 is 24.5. The molecule has 2 heterocycles. The van der Waals surface area contributed by atoms with Crippen molar-refractivity contribution in [1.29, 1.82) is 0 Å². The summed E-state index contributed by atoms with van der Waals surface area (Å²) in [6.45, 7) is 6.01. The van der Waals surface area contributed by atoms with Gasteiger partial charge in [0.05, 0.1) is 5.25 Å². The van der Waals surface area contributed by atoms with Gasteiger partial charge >= 0.3 is 0 Å². The van der Waals surface area contributed by atoms with Crippen LogP contribution in [0.4, 0.5) is 4.39 Å². The van der Waals surface area contributed by atoms with Gasteiger partial charge in [-0.3, -0.25) is 0 Å². The molecule has 0 saturated carbocycles. The first kappa shape index (κ1) is 18.4. The second-order valence-corrected chi connectivity index (χ2v) is 7.68. The lowest BCUT2D eigenvalue weighted by molar-refractivity contribution is 0.461. The number of benzene rings is 2. The zero-order valence-electron chi connectivity index (χ0n) is 15.5. The van der Waals surface area contributed by atoms with Crippen LogP contribution in [0.5, 0.6) is 0 Å². The van der Waals surface area contributed by atoms with E-state index in [1.165, 1.54) is 29.5 Å². The van der Waals surface area contributed by atoms with E-state index in [1.54, 1.807) is 12.1 Å². The van der Waals surface area contributed by atoms with Crippen LogP contribution in [0.15, 0.2) is 56.5 Å². The van der Waals surface area contributed by atoms with Crippen LogP contribution >= 0.6 is 11.8 Å². The molecule has 0 N–H and O–H groups in total. The van der Waals surface area contributed by atoms with Gasteiger partial charge < -0.3 is 8.83 Å². The SMILES string of the molecule is Cc1ccc(-c2nnc(S[C@@H](C)c3nnc(-c4ccc(F)cc4)o3)o2)cc1C. The van der Waals surface area contributed by atoms with Gasteiger partial charge in [0, 0.05) is 11.1 Å². The third kappa shape index (κ3) is 3.82. The second-order valence-electron chi connectivity index (χ2n) is 6.38. The van der Waals surface area contributed by atoms with E-state index >= 15 is 0 Å². The number of rotatable bonds is 5. The predicted molar refractivity (Wildman–Crippen MR) is 103 cm³/mol. The average Bonchev–Trinajstić information content (AvgIpc) is 3.34. The molecule has 2 aromatic carbocycles. The number of thioether (sulfide) groups is 1. The van der Waals surface area contributed by atoms with E-state index in [2.05, 4.69) is 27.3 Å². The summed E-state index contributed by atoms with van der Waals surface area (Å²) in [5.74, 6) is 0.915. The molecular weight excluding hydrogens is 379 g/mol. The highest BCUT2D eigenvalue weighted by Gasteiger charge is 2.20. The lowest BCUT2D eigenvalue weighted by Crippen LogP contribution is -1.88. The largest absolute Gasteiger partial charge is 0.419 e. The minimum Gasteiger partial charge on any atom is -0.419 e. The highest BCUT2D eigenvalue weighted by Crippen LogP contribution is 2.35. The summed E-state index contributed by atoms with van der Waals surface area (Å²) in [6, 6.07) is 11.9. The fraction of sp³-hybridized carbons (Fsp3) is 0.200. The van der Waals surface area contributed by atoms with Crippen LogP contribution in [0, 0.1) is 19.7 Å². The molecule has 0 saturated heterocycles.